The lowest BCUT2D eigenvalue weighted by atomic mass is 9.91. The van der Waals surface area contributed by atoms with Gasteiger partial charge in [-0.25, -0.2) is 4.68 Å². The van der Waals surface area contributed by atoms with E-state index in [0.29, 0.717) is 35.3 Å². The maximum atomic E-state index is 12.7. The molecule has 0 aliphatic rings. The van der Waals surface area contributed by atoms with Gasteiger partial charge in [-0.3, -0.25) is 4.79 Å². The second-order valence-corrected chi connectivity index (χ2v) is 8.45. The van der Waals surface area contributed by atoms with Gasteiger partial charge in [0.05, 0.1) is 17.9 Å². The average molecular weight is 419 g/mol. The van der Waals surface area contributed by atoms with Crippen molar-refractivity contribution in [2.75, 3.05) is 0 Å². The largest absolute Gasteiger partial charge is 0.465 e. The molecule has 0 unspecified atom stereocenters. The number of rotatable bonds is 5. The number of hydrogen-bond acceptors (Lipinski definition) is 6. The SMILES string of the molecule is Cc1ccc(CNC(=O)c2cccc(-n3nc(-c4nnc(C)o4)cc3C(C)(C)C)c2)o1. The standard InChI is InChI=1S/C23H25N5O3/c1-14-9-10-18(30-14)13-24-21(29)16-7-6-8-17(11-16)28-20(23(3,4)5)12-19(27-28)22-26-25-15(2)31-22/h6-12H,13H2,1-5H3,(H,24,29). The molecule has 8 nitrogen and oxygen atoms in total. The summed E-state index contributed by atoms with van der Waals surface area (Å²) in [4.78, 5) is 12.7. The second-order valence-electron chi connectivity index (χ2n) is 8.45. The Morgan fingerprint density at radius 1 is 1.06 bits per heavy atom. The summed E-state index contributed by atoms with van der Waals surface area (Å²) < 4.78 is 12.9. The van der Waals surface area contributed by atoms with Gasteiger partial charge in [-0.15, -0.1) is 10.2 Å². The first-order valence-electron chi connectivity index (χ1n) is 10.1. The zero-order valence-electron chi connectivity index (χ0n) is 18.3. The molecule has 0 radical (unpaired) electrons. The minimum Gasteiger partial charge on any atom is -0.465 e. The number of hydrogen-bond donors (Lipinski definition) is 1. The van der Waals surface area contributed by atoms with E-state index >= 15 is 0 Å². The Labute approximate surface area is 180 Å². The number of carbonyl (C=O) groups is 1. The van der Waals surface area contributed by atoms with Gasteiger partial charge in [0, 0.05) is 17.9 Å². The lowest BCUT2D eigenvalue weighted by Gasteiger charge is -2.20. The Kier molecular flexibility index (Phi) is 5.22. The number of aryl methyl sites for hydroxylation is 2. The van der Waals surface area contributed by atoms with Crippen molar-refractivity contribution in [2.24, 2.45) is 0 Å². The van der Waals surface area contributed by atoms with E-state index in [-0.39, 0.29) is 11.3 Å². The van der Waals surface area contributed by atoms with E-state index in [9.17, 15) is 4.79 Å². The van der Waals surface area contributed by atoms with Gasteiger partial charge in [-0.1, -0.05) is 26.8 Å². The predicted octanol–water partition coefficient (Wildman–Crippen LogP) is 4.36. The van der Waals surface area contributed by atoms with Crippen molar-refractivity contribution in [3.63, 3.8) is 0 Å². The van der Waals surface area contributed by atoms with Crippen molar-refractivity contribution in [1.29, 1.82) is 0 Å². The molecular weight excluding hydrogens is 394 g/mol. The molecule has 0 saturated carbocycles. The minimum absolute atomic E-state index is 0.187. The van der Waals surface area contributed by atoms with Crippen LogP contribution in [-0.4, -0.2) is 25.9 Å². The van der Waals surface area contributed by atoms with Crippen LogP contribution < -0.4 is 5.32 Å². The summed E-state index contributed by atoms with van der Waals surface area (Å²) in [6, 6.07) is 13.0. The van der Waals surface area contributed by atoms with Crippen molar-refractivity contribution in [1.82, 2.24) is 25.3 Å². The zero-order chi connectivity index (χ0) is 22.2. The van der Waals surface area contributed by atoms with E-state index in [0.717, 1.165) is 17.1 Å². The maximum Gasteiger partial charge on any atom is 0.268 e. The molecule has 0 aliphatic heterocycles. The number of benzene rings is 1. The molecule has 0 atom stereocenters. The van der Waals surface area contributed by atoms with Gasteiger partial charge in [0.25, 0.3) is 11.8 Å². The molecule has 1 amide bonds. The van der Waals surface area contributed by atoms with Crippen molar-refractivity contribution in [3.05, 3.63) is 71.1 Å². The molecule has 4 rings (SSSR count). The maximum absolute atomic E-state index is 12.7. The molecular formula is C23H25N5O3. The number of nitrogens with zero attached hydrogens (tertiary/aromatic N) is 4. The summed E-state index contributed by atoms with van der Waals surface area (Å²) in [7, 11) is 0. The quantitative estimate of drug-likeness (QED) is 0.516. The highest BCUT2D eigenvalue weighted by Gasteiger charge is 2.24. The lowest BCUT2D eigenvalue weighted by Crippen LogP contribution is -2.23. The summed E-state index contributed by atoms with van der Waals surface area (Å²) in [5, 5.41) is 15.6. The van der Waals surface area contributed by atoms with Crippen LogP contribution in [-0.2, 0) is 12.0 Å². The van der Waals surface area contributed by atoms with E-state index in [4.69, 9.17) is 13.9 Å². The first kappa shape index (κ1) is 20.6. The van der Waals surface area contributed by atoms with Crippen LogP contribution in [0.1, 0.15) is 54.2 Å². The zero-order valence-corrected chi connectivity index (χ0v) is 18.3. The Morgan fingerprint density at radius 3 is 2.52 bits per heavy atom. The molecule has 3 heterocycles. The molecule has 1 N–H and O–H groups in total. The number of amides is 1. The molecule has 0 aliphatic carbocycles. The number of furan rings is 1. The Bertz CT molecular complexity index is 1230. The summed E-state index contributed by atoms with van der Waals surface area (Å²) in [5.74, 6) is 2.18. The first-order valence-corrected chi connectivity index (χ1v) is 10.1. The monoisotopic (exact) mass is 419 g/mol. The van der Waals surface area contributed by atoms with Crippen LogP contribution in [0.4, 0.5) is 0 Å². The van der Waals surface area contributed by atoms with E-state index in [1.54, 1.807) is 13.0 Å². The minimum atomic E-state index is -0.199. The van der Waals surface area contributed by atoms with Crippen LogP contribution >= 0.6 is 0 Å². The molecule has 160 valence electrons. The summed E-state index contributed by atoms with van der Waals surface area (Å²) in [5.41, 5.74) is 2.66. The Balaban J connectivity index is 1.64. The predicted molar refractivity (Wildman–Crippen MR) is 115 cm³/mol. The fraction of sp³-hybridized carbons (Fsp3) is 0.304. The third-order valence-electron chi connectivity index (χ3n) is 4.80. The van der Waals surface area contributed by atoms with E-state index in [1.165, 1.54) is 0 Å². The highest BCUT2D eigenvalue weighted by Crippen LogP contribution is 2.29. The van der Waals surface area contributed by atoms with Crippen molar-refractivity contribution < 1.29 is 13.6 Å². The van der Waals surface area contributed by atoms with Gasteiger partial charge in [0.15, 0.2) is 0 Å². The number of nitrogens with one attached hydrogen (secondary N) is 1. The highest BCUT2D eigenvalue weighted by molar-refractivity contribution is 5.94. The molecule has 31 heavy (non-hydrogen) atoms. The van der Waals surface area contributed by atoms with Crippen LogP contribution in [0.15, 0.2) is 51.3 Å². The second kappa shape index (κ2) is 7.86. The molecule has 0 saturated heterocycles. The van der Waals surface area contributed by atoms with Crippen LogP contribution in [0, 0.1) is 13.8 Å². The van der Waals surface area contributed by atoms with E-state index < -0.39 is 0 Å². The topological polar surface area (TPSA) is 99.0 Å². The summed E-state index contributed by atoms with van der Waals surface area (Å²) in [6.45, 7) is 10.2. The fourth-order valence-electron chi connectivity index (χ4n) is 3.25. The van der Waals surface area contributed by atoms with Gasteiger partial charge < -0.3 is 14.2 Å². The third kappa shape index (κ3) is 4.42. The van der Waals surface area contributed by atoms with Crippen LogP contribution in [0.25, 0.3) is 17.3 Å². The molecule has 4 aromatic rings. The fourth-order valence-corrected chi connectivity index (χ4v) is 3.25. The Hall–Kier alpha value is -3.68. The van der Waals surface area contributed by atoms with Crippen molar-refractivity contribution >= 4 is 5.91 Å². The number of aromatic nitrogens is 4. The first-order chi connectivity index (χ1) is 14.7. The molecule has 0 spiro atoms. The Morgan fingerprint density at radius 2 is 1.87 bits per heavy atom. The molecule has 8 heteroatoms. The molecule has 0 fully saturated rings. The lowest BCUT2D eigenvalue weighted by molar-refractivity contribution is 0.0948. The summed E-state index contributed by atoms with van der Waals surface area (Å²) in [6.07, 6.45) is 0. The normalized spacial score (nSPS) is 11.6. The molecule has 1 aromatic carbocycles. The third-order valence-corrected chi connectivity index (χ3v) is 4.80. The van der Waals surface area contributed by atoms with Crippen LogP contribution in [0.3, 0.4) is 0 Å². The highest BCUT2D eigenvalue weighted by atomic mass is 16.4. The average Bonchev–Trinajstić information content (AvgIpc) is 3.45. The van der Waals surface area contributed by atoms with E-state index in [1.807, 2.05) is 48.0 Å². The van der Waals surface area contributed by atoms with Gasteiger partial charge >= 0.3 is 0 Å². The molecule has 0 bridgehead atoms. The van der Waals surface area contributed by atoms with Crippen molar-refractivity contribution in [2.45, 2.75) is 46.6 Å². The van der Waals surface area contributed by atoms with Gasteiger partial charge in [0.2, 0.25) is 5.89 Å². The van der Waals surface area contributed by atoms with Gasteiger partial charge in [0.1, 0.15) is 17.2 Å². The van der Waals surface area contributed by atoms with E-state index in [2.05, 4.69) is 36.3 Å². The van der Waals surface area contributed by atoms with Gasteiger partial charge in [-0.2, -0.15) is 5.10 Å². The van der Waals surface area contributed by atoms with Gasteiger partial charge in [-0.05, 0) is 43.3 Å². The summed E-state index contributed by atoms with van der Waals surface area (Å²) >= 11 is 0. The van der Waals surface area contributed by atoms with Crippen LogP contribution in [0.2, 0.25) is 0 Å². The number of carbonyl (C=O) groups excluding carboxylic acids is 1. The van der Waals surface area contributed by atoms with Crippen LogP contribution in [0.5, 0.6) is 0 Å². The molecule has 3 aromatic heterocycles. The van der Waals surface area contributed by atoms with Crippen molar-refractivity contribution in [3.8, 4) is 17.3 Å². The smallest absolute Gasteiger partial charge is 0.268 e.